The van der Waals surface area contributed by atoms with E-state index in [1.807, 2.05) is 0 Å². The van der Waals surface area contributed by atoms with E-state index in [-0.39, 0.29) is 0 Å². The van der Waals surface area contributed by atoms with Gasteiger partial charge < -0.3 is 10.1 Å². The van der Waals surface area contributed by atoms with Crippen LogP contribution in [0.2, 0.25) is 0 Å². The largest absolute Gasteiger partial charge is 0.380 e. The fourth-order valence-electron chi connectivity index (χ4n) is 0.986. The Morgan fingerprint density at radius 2 is 2.00 bits per heavy atom. The van der Waals surface area contributed by atoms with Gasteiger partial charge in [0, 0.05) is 19.7 Å². The van der Waals surface area contributed by atoms with Crippen molar-refractivity contribution in [2.75, 3.05) is 13.7 Å². The first-order valence-electron chi connectivity index (χ1n) is 4.46. The molecule has 2 unspecified atom stereocenters. The maximum absolute atomic E-state index is 5.12. The predicted octanol–water partition coefficient (Wildman–Crippen LogP) is 1.80. The van der Waals surface area contributed by atoms with Gasteiger partial charge in [-0.2, -0.15) is 0 Å². The first kappa shape index (κ1) is 10.9. The summed E-state index contributed by atoms with van der Waals surface area (Å²) < 4.78 is 5.12. The number of ether oxygens (including phenoxy) is 1. The van der Waals surface area contributed by atoms with E-state index < -0.39 is 0 Å². The highest BCUT2D eigenvalue weighted by Crippen LogP contribution is 1.95. The third-order valence-electron chi connectivity index (χ3n) is 1.88. The summed E-state index contributed by atoms with van der Waals surface area (Å²) in [5.41, 5.74) is 0. The molecule has 2 nitrogen and oxygen atoms in total. The molecule has 0 amide bonds. The number of methoxy groups -OCH3 is 1. The van der Waals surface area contributed by atoms with Crippen LogP contribution in [0.15, 0.2) is 0 Å². The van der Waals surface area contributed by atoms with Crippen molar-refractivity contribution in [2.24, 2.45) is 0 Å². The van der Waals surface area contributed by atoms with Crippen molar-refractivity contribution < 1.29 is 4.74 Å². The maximum atomic E-state index is 5.12. The smallest absolute Gasteiger partial charge is 0.0667 e. The lowest BCUT2D eigenvalue weighted by molar-refractivity contribution is 0.114. The lowest BCUT2D eigenvalue weighted by atomic mass is 10.2. The Labute approximate surface area is 70.3 Å². The van der Waals surface area contributed by atoms with Crippen molar-refractivity contribution in [3.05, 3.63) is 0 Å². The quantitative estimate of drug-likeness (QED) is 0.638. The Hall–Kier alpha value is -0.0800. The van der Waals surface area contributed by atoms with Crippen LogP contribution in [0.1, 0.15) is 33.6 Å². The van der Waals surface area contributed by atoms with E-state index in [0.29, 0.717) is 12.1 Å². The summed E-state index contributed by atoms with van der Waals surface area (Å²) in [4.78, 5) is 0. The van der Waals surface area contributed by atoms with E-state index >= 15 is 0 Å². The van der Waals surface area contributed by atoms with Crippen LogP contribution in [0.25, 0.3) is 0 Å². The zero-order valence-electron chi connectivity index (χ0n) is 8.18. The van der Waals surface area contributed by atoms with E-state index in [9.17, 15) is 0 Å². The zero-order valence-corrected chi connectivity index (χ0v) is 8.18. The Kier molecular flexibility index (Phi) is 6.57. The first-order chi connectivity index (χ1) is 5.20. The highest BCUT2D eigenvalue weighted by molar-refractivity contribution is 4.62. The van der Waals surface area contributed by atoms with Crippen molar-refractivity contribution in [3.8, 4) is 0 Å². The Bertz CT molecular complexity index is 85.6. The Balaban J connectivity index is 3.22. The van der Waals surface area contributed by atoms with Crippen LogP contribution in [0, 0.1) is 0 Å². The summed E-state index contributed by atoms with van der Waals surface area (Å²) in [7, 11) is 1.75. The second-order valence-electron chi connectivity index (χ2n) is 3.14. The molecule has 0 aliphatic heterocycles. The molecule has 0 spiro atoms. The molecule has 0 rings (SSSR count). The van der Waals surface area contributed by atoms with Crippen molar-refractivity contribution in [1.29, 1.82) is 0 Å². The van der Waals surface area contributed by atoms with Crippen molar-refractivity contribution >= 4 is 0 Å². The van der Waals surface area contributed by atoms with Crippen LogP contribution in [-0.2, 0) is 4.74 Å². The SMILES string of the molecule is CCCC(C)NCC(C)OC. The summed E-state index contributed by atoms with van der Waals surface area (Å²) in [5, 5.41) is 3.41. The molecule has 2 atom stereocenters. The molecule has 0 aromatic heterocycles. The topological polar surface area (TPSA) is 21.3 Å². The third-order valence-corrected chi connectivity index (χ3v) is 1.88. The summed E-state index contributed by atoms with van der Waals surface area (Å²) in [6.45, 7) is 7.45. The van der Waals surface area contributed by atoms with Crippen molar-refractivity contribution in [1.82, 2.24) is 5.32 Å². The number of nitrogens with one attached hydrogen (secondary N) is 1. The van der Waals surface area contributed by atoms with Crippen LogP contribution < -0.4 is 5.32 Å². The highest BCUT2D eigenvalue weighted by atomic mass is 16.5. The van der Waals surface area contributed by atoms with Gasteiger partial charge in [0.2, 0.25) is 0 Å². The molecule has 0 bridgehead atoms. The van der Waals surface area contributed by atoms with Crippen LogP contribution >= 0.6 is 0 Å². The van der Waals surface area contributed by atoms with Gasteiger partial charge in [-0.3, -0.25) is 0 Å². The average molecular weight is 159 g/mol. The third kappa shape index (κ3) is 6.32. The van der Waals surface area contributed by atoms with Crippen LogP contribution in [0.3, 0.4) is 0 Å². The van der Waals surface area contributed by atoms with Gasteiger partial charge >= 0.3 is 0 Å². The average Bonchev–Trinajstić information content (AvgIpc) is 2.01. The van der Waals surface area contributed by atoms with E-state index in [2.05, 4.69) is 26.1 Å². The lowest BCUT2D eigenvalue weighted by Gasteiger charge is -2.15. The molecule has 0 saturated carbocycles. The minimum absolute atomic E-state index is 0.328. The molecule has 11 heavy (non-hydrogen) atoms. The molecule has 0 radical (unpaired) electrons. The molecule has 0 heterocycles. The van der Waals surface area contributed by atoms with Crippen LogP contribution in [0.5, 0.6) is 0 Å². The summed E-state index contributed by atoms with van der Waals surface area (Å²) >= 11 is 0. The van der Waals surface area contributed by atoms with E-state index in [1.54, 1.807) is 7.11 Å². The van der Waals surface area contributed by atoms with E-state index in [4.69, 9.17) is 4.74 Å². The lowest BCUT2D eigenvalue weighted by Crippen LogP contribution is -2.33. The minimum atomic E-state index is 0.328. The van der Waals surface area contributed by atoms with Gasteiger partial charge in [0.05, 0.1) is 6.10 Å². The standard InChI is InChI=1S/C9H21NO/c1-5-6-8(2)10-7-9(3)11-4/h8-10H,5-7H2,1-4H3. The van der Waals surface area contributed by atoms with Gasteiger partial charge in [-0.15, -0.1) is 0 Å². The highest BCUT2D eigenvalue weighted by Gasteiger charge is 2.02. The molecule has 0 aliphatic rings. The fourth-order valence-corrected chi connectivity index (χ4v) is 0.986. The van der Waals surface area contributed by atoms with E-state index in [1.165, 1.54) is 12.8 Å². The predicted molar refractivity (Wildman–Crippen MR) is 48.8 cm³/mol. The summed E-state index contributed by atoms with van der Waals surface area (Å²) in [6.07, 6.45) is 2.82. The monoisotopic (exact) mass is 159 g/mol. The number of hydrogen-bond acceptors (Lipinski definition) is 2. The zero-order chi connectivity index (χ0) is 8.69. The molecule has 0 fully saturated rings. The van der Waals surface area contributed by atoms with Gasteiger partial charge in [-0.05, 0) is 20.3 Å². The van der Waals surface area contributed by atoms with Crippen LogP contribution in [0.4, 0.5) is 0 Å². The van der Waals surface area contributed by atoms with E-state index in [0.717, 1.165) is 6.54 Å². The molecule has 0 aromatic rings. The molecular weight excluding hydrogens is 138 g/mol. The number of rotatable bonds is 6. The molecule has 0 saturated heterocycles. The number of hydrogen-bond donors (Lipinski definition) is 1. The maximum Gasteiger partial charge on any atom is 0.0667 e. The summed E-state index contributed by atoms with van der Waals surface area (Å²) in [6, 6.07) is 0.623. The molecule has 2 heteroatoms. The minimum Gasteiger partial charge on any atom is -0.380 e. The van der Waals surface area contributed by atoms with Gasteiger partial charge in [-0.1, -0.05) is 13.3 Å². The molecular formula is C9H21NO. The fraction of sp³-hybridized carbons (Fsp3) is 1.00. The van der Waals surface area contributed by atoms with Gasteiger partial charge in [0.1, 0.15) is 0 Å². The molecule has 0 aromatic carbocycles. The van der Waals surface area contributed by atoms with Gasteiger partial charge in [-0.25, -0.2) is 0 Å². The van der Waals surface area contributed by atoms with Gasteiger partial charge in [0.15, 0.2) is 0 Å². The van der Waals surface area contributed by atoms with Gasteiger partial charge in [0.25, 0.3) is 0 Å². The first-order valence-corrected chi connectivity index (χ1v) is 4.46. The molecule has 0 aliphatic carbocycles. The molecule has 1 N–H and O–H groups in total. The second kappa shape index (κ2) is 6.62. The van der Waals surface area contributed by atoms with Crippen LogP contribution in [-0.4, -0.2) is 25.8 Å². The van der Waals surface area contributed by atoms with Crippen molar-refractivity contribution in [3.63, 3.8) is 0 Å². The normalized spacial score (nSPS) is 16.4. The Morgan fingerprint density at radius 3 is 2.45 bits per heavy atom. The molecule has 68 valence electrons. The second-order valence-corrected chi connectivity index (χ2v) is 3.14. The summed E-state index contributed by atoms with van der Waals surface area (Å²) in [5.74, 6) is 0. The Morgan fingerprint density at radius 1 is 1.36 bits per heavy atom. The van der Waals surface area contributed by atoms with Crippen molar-refractivity contribution in [2.45, 2.75) is 45.8 Å².